The number of carbonyl (C=O) groups is 2. The van der Waals surface area contributed by atoms with Crippen LogP contribution in [0.4, 0.5) is 5.69 Å². The van der Waals surface area contributed by atoms with Crippen LogP contribution < -0.4 is 10.1 Å². The van der Waals surface area contributed by atoms with Gasteiger partial charge in [-0.3, -0.25) is 4.79 Å². The normalized spacial score (nSPS) is 11.0. The van der Waals surface area contributed by atoms with E-state index >= 15 is 0 Å². The van der Waals surface area contributed by atoms with Crippen LogP contribution in [0.5, 0.6) is 0 Å². The van der Waals surface area contributed by atoms with Crippen molar-refractivity contribution >= 4 is 38.6 Å². The first kappa shape index (κ1) is 14.3. The SMILES string of the molecule is COC(=O)c1ccc(N)cc1[As].O=C1c2cccc1c2. The van der Waals surface area contributed by atoms with Crippen molar-refractivity contribution in [2.75, 3.05) is 12.8 Å². The smallest absolute Gasteiger partial charge is 0.193 e. The van der Waals surface area contributed by atoms with Crippen LogP contribution >= 0.6 is 0 Å². The molecule has 0 saturated heterocycles. The van der Waals surface area contributed by atoms with Crippen molar-refractivity contribution in [1.82, 2.24) is 0 Å². The number of fused-ring (bicyclic) bond motifs is 2. The number of ether oxygens (including phenoxy) is 1. The fraction of sp³-hybridized carbons (Fsp3) is 0.0667. The fourth-order valence-corrected chi connectivity index (χ4v) is 2.38. The topological polar surface area (TPSA) is 69.4 Å². The van der Waals surface area contributed by atoms with Crippen LogP contribution in [0.25, 0.3) is 0 Å². The van der Waals surface area contributed by atoms with E-state index in [9.17, 15) is 9.59 Å². The maximum Gasteiger partial charge on any atom is 0.193 e. The molecule has 4 rings (SSSR count). The number of hydrogen-bond acceptors (Lipinski definition) is 4. The van der Waals surface area contributed by atoms with E-state index in [1.165, 1.54) is 7.11 Å². The molecular weight excluding hydrogens is 317 g/mol. The summed E-state index contributed by atoms with van der Waals surface area (Å²) in [5.74, 6) is -0.141. The van der Waals surface area contributed by atoms with Crippen LogP contribution in [0.3, 0.4) is 0 Å². The number of rotatable bonds is 1. The average Bonchev–Trinajstić information content (AvgIpc) is 2.47. The summed E-state index contributed by atoms with van der Waals surface area (Å²) in [7, 11) is 1.35. The third-order valence-corrected chi connectivity index (χ3v) is 3.59. The quantitative estimate of drug-likeness (QED) is 0.412. The van der Waals surface area contributed by atoms with Crippen LogP contribution in [0.1, 0.15) is 26.3 Å². The number of esters is 1. The van der Waals surface area contributed by atoms with E-state index in [1.54, 1.807) is 18.2 Å². The van der Waals surface area contributed by atoms with Gasteiger partial charge in [0.05, 0.1) is 0 Å². The molecule has 2 bridgehead atoms. The molecule has 0 aromatic heterocycles. The second-order valence-electron chi connectivity index (χ2n) is 4.18. The molecule has 0 amide bonds. The molecule has 2 aliphatic carbocycles. The third kappa shape index (κ3) is 2.91. The van der Waals surface area contributed by atoms with Crippen molar-refractivity contribution in [3.63, 3.8) is 0 Å². The fourth-order valence-electron chi connectivity index (χ4n) is 1.72. The van der Waals surface area contributed by atoms with E-state index in [2.05, 4.69) is 21.6 Å². The van der Waals surface area contributed by atoms with Gasteiger partial charge < -0.3 is 0 Å². The van der Waals surface area contributed by atoms with Gasteiger partial charge in [0, 0.05) is 11.1 Å². The van der Waals surface area contributed by atoms with Gasteiger partial charge in [-0.05, 0) is 6.07 Å². The molecule has 0 saturated carbocycles. The Kier molecular flexibility index (Phi) is 4.25. The molecule has 2 N–H and O–H groups in total. The molecule has 0 aliphatic heterocycles. The number of benzene rings is 2. The van der Waals surface area contributed by atoms with Crippen molar-refractivity contribution in [2.24, 2.45) is 0 Å². The molecular formula is C15H12AsNO3. The number of hydrogen-bond donors (Lipinski definition) is 1. The largest absolute Gasteiger partial charge is 0.289 e. The zero-order chi connectivity index (χ0) is 14.7. The Bertz CT molecular complexity index is 654. The van der Waals surface area contributed by atoms with Gasteiger partial charge in [-0.15, -0.1) is 0 Å². The van der Waals surface area contributed by atoms with Crippen LogP contribution in [0, 0.1) is 0 Å². The summed E-state index contributed by atoms with van der Waals surface area (Å²) in [4.78, 5) is 21.7. The number of methoxy groups -OCH3 is 1. The minimum Gasteiger partial charge on any atom is -0.289 e. The second-order valence-corrected chi connectivity index (χ2v) is 5.19. The molecule has 5 heteroatoms. The van der Waals surface area contributed by atoms with Gasteiger partial charge in [0.2, 0.25) is 0 Å². The zero-order valence-corrected chi connectivity index (χ0v) is 12.7. The zero-order valence-electron chi connectivity index (χ0n) is 10.8. The van der Waals surface area contributed by atoms with Gasteiger partial charge in [-0.2, -0.15) is 0 Å². The maximum atomic E-state index is 11.1. The predicted octanol–water partition coefficient (Wildman–Crippen LogP) is 1.08. The van der Waals surface area contributed by atoms with Gasteiger partial charge in [0.15, 0.2) is 5.78 Å². The van der Waals surface area contributed by atoms with Crippen molar-refractivity contribution < 1.29 is 14.3 Å². The molecule has 0 spiro atoms. The minimum absolute atomic E-state index is 0.201. The van der Waals surface area contributed by atoms with E-state index in [1.807, 2.05) is 24.3 Å². The first-order valence-corrected chi connectivity index (χ1v) is 6.78. The summed E-state index contributed by atoms with van der Waals surface area (Å²) in [5.41, 5.74) is 8.38. The van der Waals surface area contributed by atoms with Crippen LogP contribution in [-0.4, -0.2) is 35.7 Å². The number of nitrogen functional groups attached to an aromatic ring is 1. The van der Waals surface area contributed by atoms with Gasteiger partial charge in [-0.1, -0.05) is 18.2 Å². The molecule has 0 heterocycles. The molecule has 0 fully saturated rings. The van der Waals surface area contributed by atoms with Crippen molar-refractivity contribution in [2.45, 2.75) is 0 Å². The Morgan fingerprint density at radius 1 is 1.15 bits per heavy atom. The molecule has 0 atom stereocenters. The summed E-state index contributed by atoms with van der Waals surface area (Å²) < 4.78 is 5.34. The van der Waals surface area contributed by atoms with E-state index < -0.39 is 0 Å². The summed E-state index contributed by atoms with van der Waals surface area (Å²) in [5, 5.41) is 0. The summed E-state index contributed by atoms with van der Waals surface area (Å²) in [6, 6.07) is 12.5. The average molecular weight is 329 g/mol. The van der Waals surface area contributed by atoms with Crippen LogP contribution in [0.15, 0.2) is 42.5 Å². The van der Waals surface area contributed by atoms with Crippen molar-refractivity contribution in [3.8, 4) is 0 Å². The molecule has 100 valence electrons. The Morgan fingerprint density at radius 2 is 1.80 bits per heavy atom. The molecule has 2 aromatic rings. The van der Waals surface area contributed by atoms with E-state index in [4.69, 9.17) is 5.73 Å². The Hall–Kier alpha value is -2.06. The summed E-state index contributed by atoms with van der Waals surface area (Å²) in [6.07, 6.45) is 0. The Morgan fingerprint density at radius 3 is 2.20 bits per heavy atom. The van der Waals surface area contributed by atoms with Gasteiger partial charge in [-0.25, -0.2) is 0 Å². The van der Waals surface area contributed by atoms with Gasteiger partial charge in [0.25, 0.3) is 0 Å². The van der Waals surface area contributed by atoms with E-state index in [-0.39, 0.29) is 11.8 Å². The first-order chi connectivity index (χ1) is 9.52. The monoisotopic (exact) mass is 329 g/mol. The van der Waals surface area contributed by atoms with E-state index in [0.717, 1.165) is 15.5 Å². The van der Waals surface area contributed by atoms with Crippen molar-refractivity contribution in [3.05, 3.63) is 59.2 Å². The second kappa shape index (κ2) is 5.93. The predicted molar refractivity (Wildman–Crippen MR) is 77.5 cm³/mol. The van der Waals surface area contributed by atoms with Crippen LogP contribution in [-0.2, 0) is 4.74 Å². The summed E-state index contributed by atoms with van der Waals surface area (Å²) >= 11 is 2.28. The number of carbonyl (C=O) groups excluding carboxylic acids is 2. The number of anilines is 1. The maximum absolute atomic E-state index is 11.1. The van der Waals surface area contributed by atoms with Gasteiger partial charge in [0.1, 0.15) is 0 Å². The Labute approximate surface area is 125 Å². The minimum atomic E-state index is -0.342. The van der Waals surface area contributed by atoms with Crippen LogP contribution in [0.2, 0.25) is 0 Å². The Balaban J connectivity index is 0.000000157. The summed E-state index contributed by atoms with van der Waals surface area (Å²) in [6.45, 7) is 0. The number of ketones is 1. The van der Waals surface area contributed by atoms with Gasteiger partial charge >= 0.3 is 79.0 Å². The molecule has 2 aliphatic rings. The van der Waals surface area contributed by atoms with E-state index in [0.29, 0.717) is 11.3 Å². The molecule has 0 unspecified atom stereocenters. The third-order valence-electron chi connectivity index (χ3n) is 2.81. The molecule has 2 aromatic carbocycles. The molecule has 4 nitrogen and oxygen atoms in total. The molecule has 20 heavy (non-hydrogen) atoms. The molecule has 2 radical (unpaired) electrons. The standard InChI is InChI=1S/C8H8AsNO2.C7H4O/c1-12-8(11)6-3-2-5(10)4-7(6)9;8-7-5-2-1-3-6(7)4-5/h2-4H,10H2,1H3;1-4H. The number of nitrogens with two attached hydrogens (primary N) is 1. The van der Waals surface area contributed by atoms with Crippen molar-refractivity contribution in [1.29, 1.82) is 0 Å². The first-order valence-electron chi connectivity index (χ1n) is 5.84.